The van der Waals surface area contributed by atoms with E-state index in [1.807, 2.05) is 47.0 Å². The lowest BCUT2D eigenvalue weighted by Gasteiger charge is -2.10. The summed E-state index contributed by atoms with van der Waals surface area (Å²) in [6, 6.07) is 20.9. The monoisotopic (exact) mass is 372 g/mol. The topological polar surface area (TPSA) is 69.0 Å². The van der Waals surface area contributed by atoms with E-state index in [2.05, 4.69) is 10.3 Å². The van der Waals surface area contributed by atoms with Crippen LogP contribution < -0.4 is 10.1 Å². The number of hydrogen-bond acceptors (Lipinski definition) is 4. The molecule has 0 unspecified atom stereocenters. The van der Waals surface area contributed by atoms with Gasteiger partial charge >= 0.3 is 0 Å². The standard InChI is InChI=1S/C22H20N4O2/c1-28-18-11-9-17(10-12-18)22(27)24-14-15-26-20(16-6-3-2-4-7-16)25-19-8-5-13-23-21(19)26/h2-13H,14-15H2,1H3,(H,24,27). The first-order valence-corrected chi connectivity index (χ1v) is 9.05. The highest BCUT2D eigenvalue weighted by molar-refractivity contribution is 5.94. The minimum absolute atomic E-state index is 0.124. The average molecular weight is 372 g/mol. The molecule has 0 saturated carbocycles. The summed E-state index contributed by atoms with van der Waals surface area (Å²) in [7, 11) is 1.60. The third-order valence-corrected chi connectivity index (χ3v) is 4.51. The Kier molecular flexibility index (Phi) is 5.01. The quantitative estimate of drug-likeness (QED) is 0.562. The van der Waals surface area contributed by atoms with Crippen molar-refractivity contribution in [2.75, 3.05) is 13.7 Å². The summed E-state index contributed by atoms with van der Waals surface area (Å²) >= 11 is 0. The lowest BCUT2D eigenvalue weighted by atomic mass is 10.2. The van der Waals surface area contributed by atoms with Gasteiger partial charge in [0.05, 0.1) is 7.11 Å². The van der Waals surface area contributed by atoms with E-state index in [1.165, 1.54) is 0 Å². The van der Waals surface area contributed by atoms with Gasteiger partial charge in [-0.05, 0) is 36.4 Å². The summed E-state index contributed by atoms with van der Waals surface area (Å²) in [5, 5.41) is 2.96. The molecule has 2 aromatic carbocycles. The largest absolute Gasteiger partial charge is 0.497 e. The zero-order chi connectivity index (χ0) is 19.3. The van der Waals surface area contributed by atoms with Gasteiger partial charge in [0, 0.05) is 30.4 Å². The number of hydrogen-bond donors (Lipinski definition) is 1. The number of amides is 1. The maximum Gasteiger partial charge on any atom is 0.251 e. The van der Waals surface area contributed by atoms with Crippen LogP contribution in [0.4, 0.5) is 0 Å². The van der Waals surface area contributed by atoms with Gasteiger partial charge in [-0.1, -0.05) is 30.3 Å². The third kappa shape index (κ3) is 3.57. The molecule has 2 heterocycles. The highest BCUT2D eigenvalue weighted by Gasteiger charge is 2.13. The van der Waals surface area contributed by atoms with Crippen LogP contribution in [0.1, 0.15) is 10.4 Å². The zero-order valence-corrected chi connectivity index (χ0v) is 15.5. The normalized spacial score (nSPS) is 10.8. The van der Waals surface area contributed by atoms with E-state index in [-0.39, 0.29) is 5.91 Å². The summed E-state index contributed by atoms with van der Waals surface area (Å²) < 4.78 is 7.17. The van der Waals surface area contributed by atoms with Crippen LogP contribution in [0.25, 0.3) is 22.6 Å². The maximum atomic E-state index is 12.4. The molecular formula is C22H20N4O2. The van der Waals surface area contributed by atoms with Crippen molar-refractivity contribution >= 4 is 17.1 Å². The molecule has 4 aromatic rings. The molecule has 0 aliphatic carbocycles. The highest BCUT2D eigenvalue weighted by atomic mass is 16.5. The molecule has 1 amide bonds. The molecule has 4 rings (SSSR count). The second kappa shape index (κ2) is 7.92. The number of carbonyl (C=O) groups excluding carboxylic acids is 1. The number of nitrogens with zero attached hydrogens (tertiary/aromatic N) is 3. The molecule has 28 heavy (non-hydrogen) atoms. The molecule has 1 N–H and O–H groups in total. The predicted octanol–water partition coefficient (Wildman–Crippen LogP) is 3.54. The molecule has 0 saturated heterocycles. The first-order chi connectivity index (χ1) is 13.8. The Labute approximate surface area is 162 Å². The second-order valence-electron chi connectivity index (χ2n) is 6.28. The Morgan fingerprint density at radius 3 is 2.57 bits per heavy atom. The van der Waals surface area contributed by atoms with E-state index in [1.54, 1.807) is 37.6 Å². The Bertz CT molecular complexity index is 1090. The number of fused-ring (bicyclic) bond motifs is 1. The summed E-state index contributed by atoms with van der Waals surface area (Å²) in [5.41, 5.74) is 3.25. The van der Waals surface area contributed by atoms with Gasteiger partial charge in [-0.15, -0.1) is 0 Å². The number of pyridine rings is 1. The van der Waals surface area contributed by atoms with Gasteiger partial charge in [-0.2, -0.15) is 0 Å². The SMILES string of the molecule is COc1ccc(C(=O)NCCn2c(-c3ccccc3)nc3cccnc32)cc1. The van der Waals surface area contributed by atoms with E-state index in [0.717, 1.165) is 28.3 Å². The van der Waals surface area contributed by atoms with Gasteiger partial charge in [0.1, 0.15) is 17.1 Å². The number of imidazole rings is 1. The first kappa shape index (κ1) is 17.7. The maximum absolute atomic E-state index is 12.4. The number of methoxy groups -OCH3 is 1. The van der Waals surface area contributed by atoms with E-state index in [0.29, 0.717) is 18.7 Å². The Hall–Kier alpha value is -3.67. The van der Waals surface area contributed by atoms with Crippen molar-refractivity contribution in [3.05, 3.63) is 78.5 Å². The van der Waals surface area contributed by atoms with Crippen LogP contribution in [0.15, 0.2) is 72.9 Å². The predicted molar refractivity (Wildman–Crippen MR) is 108 cm³/mol. The van der Waals surface area contributed by atoms with Crippen LogP contribution in [-0.4, -0.2) is 34.1 Å². The summed E-state index contributed by atoms with van der Waals surface area (Å²) in [6.07, 6.45) is 1.76. The smallest absolute Gasteiger partial charge is 0.251 e. The lowest BCUT2D eigenvalue weighted by molar-refractivity contribution is 0.0952. The number of ether oxygens (including phenoxy) is 1. The van der Waals surface area contributed by atoms with Gasteiger partial charge in [0.2, 0.25) is 0 Å². The molecule has 0 aliphatic heterocycles. The van der Waals surface area contributed by atoms with Crippen LogP contribution in [0, 0.1) is 0 Å². The van der Waals surface area contributed by atoms with Crippen LogP contribution in [0.5, 0.6) is 5.75 Å². The van der Waals surface area contributed by atoms with Crippen molar-refractivity contribution in [1.82, 2.24) is 19.9 Å². The van der Waals surface area contributed by atoms with Crippen LogP contribution in [0.3, 0.4) is 0 Å². The minimum atomic E-state index is -0.124. The van der Waals surface area contributed by atoms with Gasteiger partial charge in [0.25, 0.3) is 5.91 Å². The molecule has 6 nitrogen and oxygen atoms in total. The number of benzene rings is 2. The van der Waals surface area contributed by atoms with Crippen molar-refractivity contribution in [1.29, 1.82) is 0 Å². The summed E-state index contributed by atoms with van der Waals surface area (Å²) in [4.78, 5) is 21.6. The fourth-order valence-corrected chi connectivity index (χ4v) is 3.10. The third-order valence-electron chi connectivity index (χ3n) is 4.51. The molecule has 0 atom stereocenters. The van der Waals surface area contributed by atoms with Gasteiger partial charge in [-0.3, -0.25) is 4.79 Å². The van der Waals surface area contributed by atoms with Crippen molar-refractivity contribution in [3.63, 3.8) is 0 Å². The van der Waals surface area contributed by atoms with Crippen molar-refractivity contribution < 1.29 is 9.53 Å². The molecule has 0 spiro atoms. The molecule has 0 radical (unpaired) electrons. The van der Waals surface area contributed by atoms with Crippen LogP contribution in [-0.2, 0) is 6.54 Å². The lowest BCUT2D eigenvalue weighted by Crippen LogP contribution is -2.27. The number of rotatable bonds is 6. The Morgan fingerprint density at radius 2 is 1.82 bits per heavy atom. The number of nitrogens with one attached hydrogen (secondary N) is 1. The molecule has 0 fully saturated rings. The van der Waals surface area contributed by atoms with Crippen LogP contribution in [0.2, 0.25) is 0 Å². The van der Waals surface area contributed by atoms with Crippen molar-refractivity contribution in [2.24, 2.45) is 0 Å². The number of aromatic nitrogens is 3. The molecule has 0 bridgehead atoms. The van der Waals surface area contributed by atoms with Gasteiger partial charge in [0.15, 0.2) is 5.65 Å². The molecule has 6 heteroatoms. The van der Waals surface area contributed by atoms with E-state index in [4.69, 9.17) is 9.72 Å². The number of carbonyl (C=O) groups is 1. The molecule has 140 valence electrons. The van der Waals surface area contributed by atoms with Gasteiger partial charge < -0.3 is 14.6 Å². The van der Waals surface area contributed by atoms with Crippen LogP contribution >= 0.6 is 0 Å². The Morgan fingerprint density at radius 1 is 1.04 bits per heavy atom. The van der Waals surface area contributed by atoms with Gasteiger partial charge in [-0.25, -0.2) is 9.97 Å². The van der Waals surface area contributed by atoms with Crippen molar-refractivity contribution in [3.8, 4) is 17.1 Å². The fourth-order valence-electron chi connectivity index (χ4n) is 3.10. The van der Waals surface area contributed by atoms with E-state index >= 15 is 0 Å². The molecular weight excluding hydrogens is 352 g/mol. The highest BCUT2D eigenvalue weighted by Crippen LogP contribution is 2.23. The summed E-state index contributed by atoms with van der Waals surface area (Å²) in [5.74, 6) is 1.44. The van der Waals surface area contributed by atoms with E-state index in [9.17, 15) is 4.79 Å². The Balaban J connectivity index is 1.53. The second-order valence-corrected chi connectivity index (χ2v) is 6.28. The van der Waals surface area contributed by atoms with E-state index < -0.39 is 0 Å². The molecule has 0 aliphatic rings. The zero-order valence-electron chi connectivity index (χ0n) is 15.5. The molecule has 2 aromatic heterocycles. The van der Waals surface area contributed by atoms with Crippen molar-refractivity contribution in [2.45, 2.75) is 6.54 Å². The minimum Gasteiger partial charge on any atom is -0.497 e. The average Bonchev–Trinajstić information content (AvgIpc) is 3.13. The summed E-state index contributed by atoms with van der Waals surface area (Å²) in [6.45, 7) is 1.03. The fraction of sp³-hybridized carbons (Fsp3) is 0.136. The first-order valence-electron chi connectivity index (χ1n) is 9.05.